The van der Waals surface area contributed by atoms with E-state index in [0.717, 1.165) is 25.9 Å². The Kier molecular flexibility index (Phi) is 6.17. The molecule has 1 aliphatic rings. The van der Waals surface area contributed by atoms with Crippen LogP contribution in [-0.2, 0) is 24.1 Å². The molecular weight excluding hydrogens is 336 g/mol. The summed E-state index contributed by atoms with van der Waals surface area (Å²) in [6.45, 7) is 7.89. The van der Waals surface area contributed by atoms with Crippen LogP contribution in [0.5, 0.6) is 0 Å². The number of alkyl carbamates (subject to hydrolysis) is 1. The lowest BCUT2D eigenvalue weighted by Gasteiger charge is -2.37. The lowest BCUT2D eigenvalue weighted by atomic mass is 9.90. The van der Waals surface area contributed by atoms with Crippen molar-refractivity contribution in [2.45, 2.75) is 51.7 Å². The molecule has 1 atom stereocenters. The van der Waals surface area contributed by atoms with E-state index < -0.39 is 0 Å². The van der Waals surface area contributed by atoms with Crippen LogP contribution in [0.2, 0.25) is 0 Å². The SMILES string of the molecule is CC(C)(C)NC(=O)OCCN1Cc2ccccc2CC1Cc1ccccc1. The van der Waals surface area contributed by atoms with Crippen LogP contribution < -0.4 is 5.32 Å². The number of carbonyl (C=O) groups excluding carboxylic acids is 1. The average Bonchev–Trinajstić information content (AvgIpc) is 2.61. The van der Waals surface area contributed by atoms with Gasteiger partial charge in [0.2, 0.25) is 0 Å². The van der Waals surface area contributed by atoms with Gasteiger partial charge in [-0.2, -0.15) is 0 Å². The highest BCUT2D eigenvalue weighted by Crippen LogP contribution is 2.25. The molecule has 2 aromatic rings. The highest BCUT2D eigenvalue weighted by atomic mass is 16.5. The molecule has 1 unspecified atom stereocenters. The van der Waals surface area contributed by atoms with Gasteiger partial charge in [0.1, 0.15) is 6.61 Å². The van der Waals surface area contributed by atoms with E-state index in [4.69, 9.17) is 4.74 Å². The van der Waals surface area contributed by atoms with Crippen LogP contribution in [0.1, 0.15) is 37.5 Å². The summed E-state index contributed by atoms with van der Waals surface area (Å²) in [5.74, 6) is 0. The normalized spacial score (nSPS) is 17.2. The van der Waals surface area contributed by atoms with E-state index >= 15 is 0 Å². The monoisotopic (exact) mass is 366 g/mol. The zero-order valence-electron chi connectivity index (χ0n) is 16.6. The van der Waals surface area contributed by atoms with E-state index in [9.17, 15) is 4.79 Å². The summed E-state index contributed by atoms with van der Waals surface area (Å²) in [6, 6.07) is 19.7. The minimum atomic E-state index is -0.348. The Balaban J connectivity index is 1.63. The van der Waals surface area contributed by atoms with Gasteiger partial charge >= 0.3 is 6.09 Å². The van der Waals surface area contributed by atoms with Gasteiger partial charge in [0, 0.05) is 24.7 Å². The van der Waals surface area contributed by atoms with E-state index in [-0.39, 0.29) is 11.6 Å². The fraction of sp³-hybridized carbons (Fsp3) is 0.435. The molecule has 4 nitrogen and oxygen atoms in total. The second kappa shape index (κ2) is 8.57. The van der Waals surface area contributed by atoms with Crippen molar-refractivity contribution in [2.75, 3.05) is 13.2 Å². The summed E-state index contributed by atoms with van der Waals surface area (Å²) in [7, 11) is 0. The maximum atomic E-state index is 11.9. The number of amides is 1. The van der Waals surface area contributed by atoms with Gasteiger partial charge in [-0.1, -0.05) is 54.6 Å². The predicted octanol–water partition coefficient (Wildman–Crippen LogP) is 4.18. The number of benzene rings is 2. The van der Waals surface area contributed by atoms with Crippen molar-refractivity contribution in [3.05, 3.63) is 71.3 Å². The van der Waals surface area contributed by atoms with Crippen molar-refractivity contribution < 1.29 is 9.53 Å². The lowest BCUT2D eigenvalue weighted by molar-refractivity contribution is 0.0978. The van der Waals surface area contributed by atoms with Crippen LogP contribution in [-0.4, -0.2) is 35.7 Å². The van der Waals surface area contributed by atoms with Crippen molar-refractivity contribution in [2.24, 2.45) is 0 Å². The molecular formula is C23H30N2O2. The maximum absolute atomic E-state index is 11.9. The Morgan fingerprint density at radius 2 is 1.74 bits per heavy atom. The Hall–Kier alpha value is -2.33. The molecule has 0 fully saturated rings. The first kappa shape index (κ1) is 19.4. The molecule has 27 heavy (non-hydrogen) atoms. The molecule has 0 saturated carbocycles. The van der Waals surface area contributed by atoms with E-state index in [1.165, 1.54) is 16.7 Å². The molecule has 1 amide bonds. The number of ether oxygens (including phenoxy) is 1. The van der Waals surface area contributed by atoms with Crippen molar-refractivity contribution >= 4 is 6.09 Å². The van der Waals surface area contributed by atoms with Gasteiger partial charge in [0.05, 0.1) is 0 Å². The van der Waals surface area contributed by atoms with Crippen molar-refractivity contribution in [3.63, 3.8) is 0 Å². The molecule has 0 saturated heterocycles. The largest absolute Gasteiger partial charge is 0.448 e. The maximum Gasteiger partial charge on any atom is 0.407 e. The zero-order valence-corrected chi connectivity index (χ0v) is 16.6. The topological polar surface area (TPSA) is 41.6 Å². The molecule has 3 rings (SSSR count). The number of hydrogen-bond acceptors (Lipinski definition) is 3. The number of rotatable bonds is 5. The van der Waals surface area contributed by atoms with E-state index in [0.29, 0.717) is 12.6 Å². The first-order valence-electron chi connectivity index (χ1n) is 9.70. The molecule has 0 aromatic heterocycles. The zero-order chi connectivity index (χ0) is 19.3. The summed E-state index contributed by atoms with van der Waals surface area (Å²) in [4.78, 5) is 14.4. The number of hydrogen-bond donors (Lipinski definition) is 1. The Morgan fingerprint density at radius 1 is 1.07 bits per heavy atom. The molecule has 1 aliphatic heterocycles. The summed E-state index contributed by atoms with van der Waals surface area (Å²) >= 11 is 0. The number of nitrogens with zero attached hydrogens (tertiary/aromatic N) is 1. The third-order valence-corrected chi connectivity index (χ3v) is 4.87. The quantitative estimate of drug-likeness (QED) is 0.863. The molecule has 0 spiro atoms. The Labute approximate surface area is 162 Å². The Bertz CT molecular complexity index is 752. The van der Waals surface area contributed by atoms with Crippen LogP contribution in [0.25, 0.3) is 0 Å². The summed E-state index contributed by atoms with van der Waals surface area (Å²) in [6.07, 6.45) is 1.68. The van der Waals surface area contributed by atoms with E-state index in [1.54, 1.807) is 0 Å². The Morgan fingerprint density at radius 3 is 2.44 bits per heavy atom. The van der Waals surface area contributed by atoms with Gasteiger partial charge in [0.15, 0.2) is 0 Å². The van der Waals surface area contributed by atoms with Gasteiger partial charge in [-0.25, -0.2) is 4.79 Å². The fourth-order valence-electron chi connectivity index (χ4n) is 3.59. The summed E-state index contributed by atoms with van der Waals surface area (Å²) < 4.78 is 5.42. The van der Waals surface area contributed by atoms with Crippen LogP contribution in [0, 0.1) is 0 Å². The van der Waals surface area contributed by atoms with Crippen molar-refractivity contribution in [3.8, 4) is 0 Å². The molecule has 4 heteroatoms. The van der Waals surface area contributed by atoms with Gasteiger partial charge in [-0.15, -0.1) is 0 Å². The van der Waals surface area contributed by atoms with Gasteiger partial charge in [-0.3, -0.25) is 4.90 Å². The molecule has 0 aliphatic carbocycles. The predicted molar refractivity (Wildman–Crippen MR) is 109 cm³/mol. The van der Waals surface area contributed by atoms with Crippen molar-refractivity contribution in [1.82, 2.24) is 10.2 Å². The second-order valence-electron chi connectivity index (χ2n) is 8.30. The van der Waals surface area contributed by atoms with Crippen LogP contribution in [0.4, 0.5) is 4.79 Å². The third kappa shape index (κ3) is 5.83. The average molecular weight is 367 g/mol. The summed E-state index contributed by atoms with van der Waals surface area (Å²) in [5, 5.41) is 2.84. The van der Waals surface area contributed by atoms with Crippen LogP contribution in [0.3, 0.4) is 0 Å². The van der Waals surface area contributed by atoms with E-state index in [2.05, 4.69) is 64.8 Å². The number of nitrogens with one attached hydrogen (secondary N) is 1. The summed E-state index contributed by atoms with van der Waals surface area (Å²) in [5.41, 5.74) is 3.87. The molecule has 0 bridgehead atoms. The first-order chi connectivity index (χ1) is 12.9. The highest BCUT2D eigenvalue weighted by Gasteiger charge is 2.26. The molecule has 1 N–H and O–H groups in total. The minimum Gasteiger partial charge on any atom is -0.448 e. The third-order valence-electron chi connectivity index (χ3n) is 4.87. The van der Waals surface area contributed by atoms with Crippen molar-refractivity contribution in [1.29, 1.82) is 0 Å². The van der Waals surface area contributed by atoms with E-state index in [1.807, 2.05) is 20.8 Å². The van der Waals surface area contributed by atoms with Gasteiger partial charge < -0.3 is 10.1 Å². The second-order valence-corrected chi connectivity index (χ2v) is 8.30. The standard InChI is InChI=1S/C23H30N2O2/c1-23(2,3)24-22(26)27-14-13-25-17-20-12-8-7-11-19(20)16-21(25)15-18-9-5-4-6-10-18/h4-12,21H,13-17H2,1-3H3,(H,24,26). The first-order valence-corrected chi connectivity index (χ1v) is 9.70. The lowest BCUT2D eigenvalue weighted by Crippen LogP contribution is -2.45. The molecule has 1 heterocycles. The molecule has 2 aromatic carbocycles. The molecule has 144 valence electrons. The van der Waals surface area contributed by atoms with Crippen LogP contribution >= 0.6 is 0 Å². The molecule has 0 radical (unpaired) electrons. The smallest absolute Gasteiger partial charge is 0.407 e. The van der Waals surface area contributed by atoms with Gasteiger partial charge in [0.25, 0.3) is 0 Å². The van der Waals surface area contributed by atoms with Gasteiger partial charge in [-0.05, 0) is 50.3 Å². The fourth-order valence-corrected chi connectivity index (χ4v) is 3.59. The number of carbonyl (C=O) groups is 1. The van der Waals surface area contributed by atoms with Crippen LogP contribution in [0.15, 0.2) is 54.6 Å². The number of fused-ring (bicyclic) bond motifs is 1. The highest BCUT2D eigenvalue weighted by molar-refractivity contribution is 5.68. The minimum absolute atomic E-state index is 0.281.